The summed E-state index contributed by atoms with van der Waals surface area (Å²) >= 11 is 0. The molecule has 4 heteroatoms. The number of benzene rings is 3. The van der Waals surface area contributed by atoms with E-state index in [1.165, 1.54) is 12.1 Å². The minimum absolute atomic E-state index is 0.237. The molecule has 1 unspecified atom stereocenters. The van der Waals surface area contributed by atoms with Gasteiger partial charge in [-0.1, -0.05) is 36.4 Å². The third kappa shape index (κ3) is 4.64. The summed E-state index contributed by atoms with van der Waals surface area (Å²) < 4.78 is 32.7. The highest BCUT2D eigenvalue weighted by atomic mass is 19.1. The molecule has 3 aromatic carbocycles. The molecule has 1 N–H and O–H groups in total. The molecule has 0 saturated heterocycles. The molecule has 1 atom stereocenters. The van der Waals surface area contributed by atoms with E-state index in [4.69, 9.17) is 4.74 Å². The molecular formula is C21H19F2NO. The monoisotopic (exact) mass is 339 g/mol. The Hall–Kier alpha value is -2.72. The molecule has 2 nitrogen and oxygen atoms in total. The highest BCUT2D eigenvalue weighted by Gasteiger charge is 2.11. The molecule has 128 valence electrons. The Morgan fingerprint density at radius 2 is 1.64 bits per heavy atom. The standard InChI is InChI=1S/C21H19F2NO/c1-15(20-11-10-17(22)13-21(20)23)24-14-16-6-5-9-19(12-16)25-18-7-3-2-4-8-18/h2-13,15,24H,14H2,1H3. The van der Waals surface area contributed by atoms with Crippen LogP contribution in [-0.2, 0) is 6.54 Å². The lowest BCUT2D eigenvalue weighted by molar-refractivity contribution is 0.480. The minimum atomic E-state index is -0.570. The van der Waals surface area contributed by atoms with E-state index < -0.39 is 11.6 Å². The summed E-state index contributed by atoms with van der Waals surface area (Å²) in [4.78, 5) is 0. The van der Waals surface area contributed by atoms with Gasteiger partial charge in [0.05, 0.1) is 0 Å². The molecular weight excluding hydrogens is 320 g/mol. The molecule has 0 spiro atoms. The Morgan fingerprint density at radius 3 is 2.40 bits per heavy atom. The first-order chi connectivity index (χ1) is 12.1. The van der Waals surface area contributed by atoms with Gasteiger partial charge in [0, 0.05) is 24.2 Å². The Morgan fingerprint density at radius 1 is 0.880 bits per heavy atom. The maximum atomic E-state index is 13.8. The first-order valence-electron chi connectivity index (χ1n) is 8.12. The van der Waals surface area contributed by atoms with Crippen LogP contribution in [0.5, 0.6) is 11.5 Å². The summed E-state index contributed by atoms with van der Waals surface area (Å²) in [5.41, 5.74) is 1.46. The van der Waals surface area contributed by atoms with Crippen molar-refractivity contribution in [3.8, 4) is 11.5 Å². The summed E-state index contributed by atoms with van der Waals surface area (Å²) in [6.45, 7) is 2.39. The van der Waals surface area contributed by atoms with Crippen molar-refractivity contribution in [3.63, 3.8) is 0 Å². The van der Waals surface area contributed by atoms with Gasteiger partial charge < -0.3 is 10.1 Å². The first-order valence-corrected chi connectivity index (χ1v) is 8.12. The van der Waals surface area contributed by atoms with Gasteiger partial charge in [0.25, 0.3) is 0 Å². The van der Waals surface area contributed by atoms with Crippen molar-refractivity contribution in [2.75, 3.05) is 0 Å². The van der Waals surface area contributed by atoms with Gasteiger partial charge in [-0.2, -0.15) is 0 Å². The van der Waals surface area contributed by atoms with E-state index in [9.17, 15) is 8.78 Å². The Kier molecular flexibility index (Phi) is 5.41. The van der Waals surface area contributed by atoms with Crippen LogP contribution in [0.15, 0.2) is 72.8 Å². The first kappa shape index (κ1) is 17.1. The normalized spacial score (nSPS) is 12.0. The molecule has 0 radical (unpaired) electrons. The topological polar surface area (TPSA) is 21.3 Å². The van der Waals surface area contributed by atoms with Gasteiger partial charge in [0.1, 0.15) is 23.1 Å². The number of ether oxygens (including phenoxy) is 1. The van der Waals surface area contributed by atoms with E-state index in [-0.39, 0.29) is 6.04 Å². The van der Waals surface area contributed by atoms with Gasteiger partial charge in [-0.15, -0.1) is 0 Å². The van der Waals surface area contributed by atoms with Gasteiger partial charge >= 0.3 is 0 Å². The third-order valence-corrected chi connectivity index (χ3v) is 3.92. The van der Waals surface area contributed by atoms with Crippen molar-refractivity contribution < 1.29 is 13.5 Å². The molecule has 0 aliphatic rings. The fourth-order valence-corrected chi connectivity index (χ4v) is 2.58. The largest absolute Gasteiger partial charge is 0.457 e. The molecule has 3 aromatic rings. The fraction of sp³-hybridized carbons (Fsp3) is 0.143. The highest BCUT2D eigenvalue weighted by Crippen LogP contribution is 2.23. The van der Waals surface area contributed by atoms with Crippen molar-refractivity contribution in [1.82, 2.24) is 5.32 Å². The number of para-hydroxylation sites is 1. The zero-order valence-corrected chi connectivity index (χ0v) is 13.9. The average Bonchev–Trinajstić information content (AvgIpc) is 2.61. The second-order valence-corrected chi connectivity index (χ2v) is 5.83. The lowest BCUT2D eigenvalue weighted by Crippen LogP contribution is -2.19. The van der Waals surface area contributed by atoms with Crippen molar-refractivity contribution in [1.29, 1.82) is 0 Å². The lowest BCUT2D eigenvalue weighted by Gasteiger charge is -2.15. The van der Waals surface area contributed by atoms with Crippen molar-refractivity contribution in [2.45, 2.75) is 19.5 Å². The van der Waals surface area contributed by atoms with Gasteiger partial charge in [-0.3, -0.25) is 0 Å². The lowest BCUT2D eigenvalue weighted by atomic mass is 10.1. The third-order valence-electron chi connectivity index (χ3n) is 3.92. The molecule has 25 heavy (non-hydrogen) atoms. The fourth-order valence-electron chi connectivity index (χ4n) is 2.58. The molecule has 0 heterocycles. The van der Waals surface area contributed by atoms with Crippen LogP contribution in [0.4, 0.5) is 8.78 Å². The Labute approximate surface area is 146 Å². The predicted octanol–water partition coefficient (Wildman–Crippen LogP) is 5.61. The van der Waals surface area contributed by atoms with Crippen molar-refractivity contribution in [3.05, 3.63) is 95.6 Å². The van der Waals surface area contributed by atoms with Gasteiger partial charge in [-0.25, -0.2) is 8.78 Å². The summed E-state index contributed by atoms with van der Waals surface area (Å²) in [5.74, 6) is 0.404. The number of halogens is 2. The van der Waals surface area contributed by atoms with Crippen LogP contribution in [0.25, 0.3) is 0 Å². The molecule has 0 bridgehead atoms. The van der Waals surface area contributed by atoms with E-state index in [1.807, 2.05) is 61.5 Å². The molecule has 0 amide bonds. The molecule has 0 aromatic heterocycles. The predicted molar refractivity (Wildman–Crippen MR) is 94.6 cm³/mol. The molecule has 0 saturated carbocycles. The number of nitrogens with one attached hydrogen (secondary N) is 1. The van der Waals surface area contributed by atoms with Crippen molar-refractivity contribution in [2.24, 2.45) is 0 Å². The maximum absolute atomic E-state index is 13.8. The smallest absolute Gasteiger partial charge is 0.130 e. The van der Waals surface area contributed by atoms with Crippen LogP contribution >= 0.6 is 0 Å². The SMILES string of the molecule is CC(NCc1cccc(Oc2ccccc2)c1)c1ccc(F)cc1F. The van der Waals surface area contributed by atoms with Gasteiger partial charge in [0.2, 0.25) is 0 Å². The van der Waals surface area contributed by atoms with Crippen LogP contribution < -0.4 is 10.1 Å². The van der Waals surface area contributed by atoms with Crippen molar-refractivity contribution >= 4 is 0 Å². The zero-order valence-electron chi connectivity index (χ0n) is 13.9. The number of hydrogen-bond acceptors (Lipinski definition) is 2. The maximum Gasteiger partial charge on any atom is 0.130 e. The zero-order chi connectivity index (χ0) is 17.6. The summed E-state index contributed by atoms with van der Waals surface area (Å²) in [7, 11) is 0. The van der Waals surface area contributed by atoms with E-state index in [0.717, 1.165) is 23.1 Å². The van der Waals surface area contributed by atoms with Crippen LogP contribution in [0.1, 0.15) is 24.1 Å². The summed E-state index contributed by atoms with van der Waals surface area (Å²) in [5, 5.41) is 3.25. The van der Waals surface area contributed by atoms with E-state index >= 15 is 0 Å². The van der Waals surface area contributed by atoms with Gasteiger partial charge in [0.15, 0.2) is 0 Å². The van der Waals surface area contributed by atoms with Gasteiger partial charge in [-0.05, 0) is 42.8 Å². The Bertz CT molecular complexity index is 836. The number of rotatable bonds is 6. The van der Waals surface area contributed by atoms with Crippen LogP contribution in [0.2, 0.25) is 0 Å². The van der Waals surface area contributed by atoms with Crippen LogP contribution in [0.3, 0.4) is 0 Å². The number of hydrogen-bond donors (Lipinski definition) is 1. The highest BCUT2D eigenvalue weighted by molar-refractivity contribution is 5.34. The molecule has 0 aliphatic heterocycles. The van der Waals surface area contributed by atoms with E-state index in [0.29, 0.717) is 12.1 Å². The van der Waals surface area contributed by atoms with Crippen LogP contribution in [0, 0.1) is 11.6 Å². The second kappa shape index (κ2) is 7.90. The molecule has 0 aliphatic carbocycles. The molecule has 3 rings (SSSR count). The van der Waals surface area contributed by atoms with E-state index in [1.54, 1.807) is 0 Å². The van der Waals surface area contributed by atoms with E-state index in [2.05, 4.69) is 5.32 Å². The second-order valence-electron chi connectivity index (χ2n) is 5.83. The minimum Gasteiger partial charge on any atom is -0.457 e. The summed E-state index contributed by atoms with van der Waals surface area (Å²) in [6, 6.07) is 20.7. The molecule has 0 fully saturated rings. The quantitative estimate of drug-likeness (QED) is 0.630. The average molecular weight is 339 g/mol. The van der Waals surface area contributed by atoms with Crippen LogP contribution in [-0.4, -0.2) is 0 Å². The summed E-state index contributed by atoms with van der Waals surface area (Å²) in [6.07, 6.45) is 0. The Balaban J connectivity index is 1.64.